The van der Waals surface area contributed by atoms with Gasteiger partial charge in [-0.25, -0.2) is 9.59 Å². The van der Waals surface area contributed by atoms with Gasteiger partial charge in [-0.1, -0.05) is 54.6 Å². The smallest absolute Gasteiger partial charge is 0.407 e. The Kier molecular flexibility index (Phi) is 8.21. The number of carboxylic acids is 1. The summed E-state index contributed by atoms with van der Waals surface area (Å²) in [5, 5.41) is 14.1. The highest BCUT2D eigenvalue weighted by molar-refractivity contribution is 5.86. The van der Waals surface area contributed by atoms with E-state index in [9.17, 15) is 14.4 Å². The highest BCUT2D eigenvalue weighted by atomic mass is 16.5. The van der Waals surface area contributed by atoms with Crippen LogP contribution in [0.3, 0.4) is 0 Å². The van der Waals surface area contributed by atoms with Crippen LogP contribution in [-0.2, 0) is 19.1 Å². The molecule has 8 nitrogen and oxygen atoms in total. The van der Waals surface area contributed by atoms with Crippen molar-refractivity contribution in [1.82, 2.24) is 10.6 Å². The van der Waals surface area contributed by atoms with E-state index in [4.69, 9.17) is 14.6 Å². The van der Waals surface area contributed by atoms with Crippen LogP contribution in [0.5, 0.6) is 0 Å². The number of ether oxygens (including phenoxy) is 2. The van der Waals surface area contributed by atoms with E-state index in [0.29, 0.717) is 12.8 Å². The fourth-order valence-electron chi connectivity index (χ4n) is 3.92. The summed E-state index contributed by atoms with van der Waals surface area (Å²) in [5.74, 6) is -1.81. The van der Waals surface area contributed by atoms with Crippen molar-refractivity contribution in [2.24, 2.45) is 0 Å². The van der Waals surface area contributed by atoms with Crippen molar-refractivity contribution in [3.63, 3.8) is 0 Å². The lowest BCUT2D eigenvalue weighted by Crippen LogP contribution is -2.49. The van der Waals surface area contributed by atoms with E-state index in [1.54, 1.807) is 6.08 Å². The lowest BCUT2D eigenvalue weighted by molar-refractivity contribution is -0.148. The van der Waals surface area contributed by atoms with Crippen LogP contribution < -0.4 is 10.6 Å². The summed E-state index contributed by atoms with van der Waals surface area (Å²) in [6.45, 7) is 3.54. The van der Waals surface area contributed by atoms with Gasteiger partial charge in [0.2, 0.25) is 5.91 Å². The molecule has 3 N–H and O–H groups in total. The van der Waals surface area contributed by atoms with E-state index in [0.717, 1.165) is 22.3 Å². The number of carbonyl (C=O) groups excluding carboxylic acids is 2. The predicted octanol–water partition coefficient (Wildman–Crippen LogP) is 3.08. The van der Waals surface area contributed by atoms with E-state index >= 15 is 0 Å². The minimum atomic E-state index is -1.19. The molecular weight excluding hydrogens is 424 g/mol. The van der Waals surface area contributed by atoms with Crippen LogP contribution in [0.25, 0.3) is 11.1 Å². The number of carboxylic acid groups (broad SMARTS) is 1. The fraction of sp³-hybridized carbons (Fsp3) is 0.320. The molecule has 174 valence electrons. The topological polar surface area (TPSA) is 114 Å². The van der Waals surface area contributed by atoms with Crippen molar-refractivity contribution in [3.05, 3.63) is 72.3 Å². The Labute approximate surface area is 192 Å². The Bertz CT molecular complexity index is 976. The SMILES string of the molecule is C=CCCC(NC(=O)OCC1c2ccccc2-c2ccccc21)C(=O)NCC(OC)C(=O)O. The molecule has 0 radical (unpaired) electrons. The Balaban J connectivity index is 1.62. The zero-order valence-corrected chi connectivity index (χ0v) is 18.5. The quantitative estimate of drug-likeness (QED) is 0.452. The second-order valence-electron chi connectivity index (χ2n) is 7.70. The normalized spacial score (nSPS) is 13.8. The first-order chi connectivity index (χ1) is 16.0. The Hall–Kier alpha value is -3.65. The minimum absolute atomic E-state index is 0.0957. The maximum atomic E-state index is 12.6. The highest BCUT2D eigenvalue weighted by Crippen LogP contribution is 2.44. The number of aliphatic carboxylic acids is 1. The van der Waals surface area contributed by atoms with Crippen molar-refractivity contribution in [1.29, 1.82) is 0 Å². The van der Waals surface area contributed by atoms with Gasteiger partial charge in [-0.15, -0.1) is 6.58 Å². The standard InChI is InChI=1S/C25H28N2O6/c1-3-4-13-21(23(28)26-14-22(32-2)24(29)30)27-25(31)33-15-20-18-11-7-5-9-16(18)17-10-6-8-12-19(17)20/h3,5-12,20-22H,1,4,13-15H2,2H3,(H,26,28)(H,27,31)(H,29,30). The number of hydrogen-bond acceptors (Lipinski definition) is 5. The molecule has 0 aliphatic heterocycles. The fourth-order valence-corrected chi connectivity index (χ4v) is 3.92. The molecule has 0 spiro atoms. The first-order valence-corrected chi connectivity index (χ1v) is 10.7. The van der Waals surface area contributed by atoms with Gasteiger partial charge in [0.05, 0.1) is 6.54 Å². The van der Waals surface area contributed by atoms with Gasteiger partial charge in [0.1, 0.15) is 12.6 Å². The van der Waals surface area contributed by atoms with Crippen LogP contribution in [-0.4, -0.2) is 55.5 Å². The summed E-state index contributed by atoms with van der Waals surface area (Å²) in [5.41, 5.74) is 4.42. The van der Waals surface area contributed by atoms with Gasteiger partial charge in [-0.2, -0.15) is 0 Å². The zero-order chi connectivity index (χ0) is 23.8. The molecule has 2 amide bonds. The molecule has 2 aromatic carbocycles. The molecule has 2 aromatic rings. The first kappa shape index (κ1) is 24.0. The largest absolute Gasteiger partial charge is 0.479 e. The second-order valence-corrected chi connectivity index (χ2v) is 7.70. The number of benzene rings is 2. The van der Waals surface area contributed by atoms with Gasteiger partial charge in [0, 0.05) is 13.0 Å². The van der Waals surface area contributed by atoms with Gasteiger partial charge < -0.3 is 25.2 Å². The van der Waals surface area contributed by atoms with Gasteiger partial charge in [0.15, 0.2) is 6.10 Å². The molecule has 0 bridgehead atoms. The van der Waals surface area contributed by atoms with E-state index in [2.05, 4.69) is 17.2 Å². The monoisotopic (exact) mass is 452 g/mol. The highest BCUT2D eigenvalue weighted by Gasteiger charge is 2.30. The second kappa shape index (κ2) is 11.3. The third kappa shape index (κ3) is 5.78. The molecule has 0 aromatic heterocycles. The van der Waals surface area contributed by atoms with Crippen molar-refractivity contribution in [3.8, 4) is 11.1 Å². The van der Waals surface area contributed by atoms with Crippen molar-refractivity contribution in [2.45, 2.75) is 30.9 Å². The maximum Gasteiger partial charge on any atom is 0.407 e. The molecule has 0 heterocycles. The number of amides is 2. The van der Waals surface area contributed by atoms with Crippen LogP contribution in [0.1, 0.15) is 29.9 Å². The predicted molar refractivity (Wildman–Crippen MR) is 123 cm³/mol. The zero-order valence-electron chi connectivity index (χ0n) is 18.5. The Morgan fingerprint density at radius 3 is 2.24 bits per heavy atom. The molecule has 0 fully saturated rings. The Morgan fingerprint density at radius 1 is 1.09 bits per heavy atom. The van der Waals surface area contributed by atoms with Gasteiger partial charge in [-0.3, -0.25) is 4.79 Å². The number of allylic oxidation sites excluding steroid dienone is 1. The van der Waals surface area contributed by atoms with Crippen molar-refractivity contribution < 1.29 is 29.0 Å². The molecule has 8 heteroatoms. The summed E-state index contributed by atoms with van der Waals surface area (Å²) in [4.78, 5) is 36.2. The summed E-state index contributed by atoms with van der Waals surface area (Å²) in [6.07, 6.45) is 0.513. The van der Waals surface area contributed by atoms with Crippen LogP contribution in [0.2, 0.25) is 0 Å². The molecule has 2 atom stereocenters. The number of methoxy groups -OCH3 is 1. The molecule has 33 heavy (non-hydrogen) atoms. The van der Waals surface area contributed by atoms with E-state index in [-0.39, 0.29) is 19.1 Å². The third-order valence-electron chi connectivity index (χ3n) is 5.63. The molecule has 1 aliphatic carbocycles. The number of alkyl carbamates (subject to hydrolysis) is 1. The van der Waals surface area contributed by atoms with Crippen LogP contribution in [0.15, 0.2) is 61.2 Å². The number of rotatable bonds is 11. The molecular formula is C25H28N2O6. The van der Waals surface area contributed by atoms with E-state index in [1.807, 2.05) is 48.5 Å². The minimum Gasteiger partial charge on any atom is -0.479 e. The average Bonchev–Trinajstić information content (AvgIpc) is 3.14. The van der Waals surface area contributed by atoms with Gasteiger partial charge in [-0.05, 0) is 35.1 Å². The van der Waals surface area contributed by atoms with Crippen molar-refractivity contribution >= 4 is 18.0 Å². The van der Waals surface area contributed by atoms with Gasteiger partial charge in [0.25, 0.3) is 0 Å². The van der Waals surface area contributed by atoms with Crippen LogP contribution in [0, 0.1) is 0 Å². The average molecular weight is 453 g/mol. The van der Waals surface area contributed by atoms with E-state index < -0.39 is 30.1 Å². The Morgan fingerprint density at radius 2 is 1.70 bits per heavy atom. The van der Waals surface area contributed by atoms with Crippen LogP contribution in [0.4, 0.5) is 4.79 Å². The number of fused-ring (bicyclic) bond motifs is 3. The first-order valence-electron chi connectivity index (χ1n) is 10.7. The number of carbonyl (C=O) groups is 3. The molecule has 2 unspecified atom stereocenters. The van der Waals surface area contributed by atoms with E-state index in [1.165, 1.54) is 7.11 Å². The molecule has 3 rings (SSSR count). The summed E-state index contributed by atoms with van der Waals surface area (Å²) >= 11 is 0. The molecule has 1 aliphatic rings. The maximum absolute atomic E-state index is 12.6. The lowest BCUT2D eigenvalue weighted by atomic mass is 9.98. The van der Waals surface area contributed by atoms with Gasteiger partial charge >= 0.3 is 12.1 Å². The third-order valence-corrected chi connectivity index (χ3v) is 5.63. The molecule has 0 saturated carbocycles. The lowest BCUT2D eigenvalue weighted by Gasteiger charge is -2.20. The summed E-state index contributed by atoms with van der Waals surface area (Å²) in [7, 11) is 1.25. The number of hydrogen-bond donors (Lipinski definition) is 3. The summed E-state index contributed by atoms with van der Waals surface area (Å²) in [6, 6.07) is 15.1. The van der Waals surface area contributed by atoms with Crippen LogP contribution >= 0.6 is 0 Å². The summed E-state index contributed by atoms with van der Waals surface area (Å²) < 4.78 is 10.3. The van der Waals surface area contributed by atoms with Crippen molar-refractivity contribution in [2.75, 3.05) is 20.3 Å². The number of nitrogens with one attached hydrogen (secondary N) is 2. The molecule has 0 saturated heterocycles.